The molecule has 4 heteroatoms. The zero-order valence-electron chi connectivity index (χ0n) is 15.0. The average Bonchev–Trinajstić information content (AvgIpc) is 2.51. The predicted molar refractivity (Wildman–Crippen MR) is 95.6 cm³/mol. The molecule has 2 rings (SSSR count). The molecule has 1 saturated heterocycles. The quantitative estimate of drug-likeness (QED) is 0.816. The van der Waals surface area contributed by atoms with E-state index in [9.17, 15) is 4.79 Å². The molecule has 0 saturated carbocycles. The Kier molecular flexibility index (Phi) is 6.58. The summed E-state index contributed by atoms with van der Waals surface area (Å²) in [6.45, 7) is 12.4. The Morgan fingerprint density at radius 2 is 2.04 bits per heavy atom. The number of H-pyrrole nitrogens is 1. The molecule has 1 aromatic rings. The summed E-state index contributed by atoms with van der Waals surface area (Å²) in [5, 5.41) is 0. The Morgan fingerprint density at radius 3 is 2.61 bits per heavy atom. The van der Waals surface area contributed by atoms with Gasteiger partial charge in [-0.3, -0.25) is 9.69 Å². The lowest BCUT2D eigenvalue weighted by molar-refractivity contribution is 0.222. The van der Waals surface area contributed by atoms with Crippen LogP contribution in [0.2, 0.25) is 0 Å². The van der Waals surface area contributed by atoms with Gasteiger partial charge in [-0.15, -0.1) is 0 Å². The van der Waals surface area contributed by atoms with Gasteiger partial charge < -0.3 is 4.98 Å². The first kappa shape index (κ1) is 17.9. The second-order valence-corrected chi connectivity index (χ2v) is 7.45. The number of allylic oxidation sites excluding steroid dienone is 1. The van der Waals surface area contributed by atoms with Crippen molar-refractivity contribution in [2.45, 2.75) is 52.9 Å². The van der Waals surface area contributed by atoms with Crippen LogP contribution in [0.1, 0.15) is 58.6 Å². The number of nitrogens with one attached hydrogen (secondary N) is 1. The molecule has 0 aliphatic carbocycles. The Balaban J connectivity index is 1.90. The van der Waals surface area contributed by atoms with Crippen molar-refractivity contribution in [2.75, 3.05) is 19.6 Å². The normalized spacial score (nSPS) is 18.1. The maximum Gasteiger partial charge on any atom is 0.250 e. The number of hydrogen-bond donors (Lipinski definition) is 1. The maximum absolute atomic E-state index is 11.4. The summed E-state index contributed by atoms with van der Waals surface area (Å²) < 4.78 is 0. The molecule has 1 aliphatic rings. The third-order valence-corrected chi connectivity index (χ3v) is 4.70. The number of nitrogens with zero attached hydrogens (tertiary/aromatic N) is 2. The van der Waals surface area contributed by atoms with Gasteiger partial charge >= 0.3 is 0 Å². The van der Waals surface area contributed by atoms with E-state index in [0.29, 0.717) is 11.8 Å². The van der Waals surface area contributed by atoms with Crippen LogP contribution in [0.25, 0.3) is 0 Å². The molecule has 0 bridgehead atoms. The molecular weight excluding hydrogens is 286 g/mol. The standard InChI is InChI=1S/C19H31N3O/c1-14(2)5-6-17(15(3)4)12-22-9-7-16(8-10-22)18-11-19(23)21-13-20-18/h6,11,13-16H,5,7-10,12H2,1-4H3,(H,20,21,23). The van der Waals surface area contributed by atoms with E-state index in [-0.39, 0.29) is 5.56 Å². The summed E-state index contributed by atoms with van der Waals surface area (Å²) in [6, 6.07) is 1.66. The number of aromatic amines is 1. The van der Waals surface area contributed by atoms with Crippen LogP contribution in [0, 0.1) is 11.8 Å². The zero-order valence-corrected chi connectivity index (χ0v) is 15.0. The molecule has 0 radical (unpaired) electrons. The van der Waals surface area contributed by atoms with Crippen LogP contribution in [0.3, 0.4) is 0 Å². The maximum atomic E-state index is 11.4. The number of rotatable bonds is 6. The molecule has 23 heavy (non-hydrogen) atoms. The SMILES string of the molecule is CC(C)CC=C(CN1CCC(c2cc(=O)[nH]cn2)CC1)C(C)C. The van der Waals surface area contributed by atoms with E-state index in [1.165, 1.54) is 12.7 Å². The Bertz CT molecular complexity index is 566. The van der Waals surface area contributed by atoms with Crippen LogP contribution >= 0.6 is 0 Å². The molecular formula is C19H31N3O. The highest BCUT2D eigenvalue weighted by Crippen LogP contribution is 2.27. The highest BCUT2D eigenvalue weighted by molar-refractivity contribution is 5.10. The van der Waals surface area contributed by atoms with Crippen molar-refractivity contribution in [3.8, 4) is 0 Å². The van der Waals surface area contributed by atoms with Crippen LogP contribution in [-0.4, -0.2) is 34.5 Å². The van der Waals surface area contributed by atoms with Gasteiger partial charge in [0.25, 0.3) is 5.56 Å². The number of likely N-dealkylation sites (tertiary alicyclic amines) is 1. The topological polar surface area (TPSA) is 49.0 Å². The van der Waals surface area contributed by atoms with Gasteiger partial charge in [-0.05, 0) is 44.2 Å². The van der Waals surface area contributed by atoms with Gasteiger partial charge in [0.15, 0.2) is 0 Å². The van der Waals surface area contributed by atoms with Gasteiger partial charge in [0, 0.05) is 18.5 Å². The van der Waals surface area contributed by atoms with Crippen LogP contribution in [0.15, 0.2) is 28.8 Å². The summed E-state index contributed by atoms with van der Waals surface area (Å²) in [7, 11) is 0. The van der Waals surface area contributed by atoms with Gasteiger partial charge in [-0.2, -0.15) is 0 Å². The molecule has 4 nitrogen and oxygen atoms in total. The summed E-state index contributed by atoms with van der Waals surface area (Å²) in [6.07, 6.45) is 7.31. The molecule has 0 unspecified atom stereocenters. The number of hydrogen-bond acceptors (Lipinski definition) is 3. The Morgan fingerprint density at radius 1 is 1.35 bits per heavy atom. The second-order valence-electron chi connectivity index (χ2n) is 7.45. The molecule has 0 spiro atoms. The lowest BCUT2D eigenvalue weighted by Crippen LogP contribution is -2.35. The van der Waals surface area contributed by atoms with Crippen molar-refractivity contribution >= 4 is 0 Å². The lowest BCUT2D eigenvalue weighted by Gasteiger charge is -2.33. The summed E-state index contributed by atoms with van der Waals surface area (Å²) in [5.41, 5.74) is 2.47. The van der Waals surface area contributed by atoms with Crippen molar-refractivity contribution in [1.29, 1.82) is 0 Å². The van der Waals surface area contributed by atoms with Crippen molar-refractivity contribution in [2.24, 2.45) is 11.8 Å². The highest BCUT2D eigenvalue weighted by atomic mass is 16.1. The molecule has 0 amide bonds. The van der Waals surface area contributed by atoms with Crippen molar-refractivity contribution < 1.29 is 0 Å². The molecule has 0 atom stereocenters. The third kappa shape index (κ3) is 5.61. The third-order valence-electron chi connectivity index (χ3n) is 4.70. The van der Waals surface area contributed by atoms with Crippen LogP contribution in [0.4, 0.5) is 0 Å². The zero-order chi connectivity index (χ0) is 16.8. The molecule has 1 fully saturated rings. The smallest absolute Gasteiger partial charge is 0.250 e. The molecule has 2 heterocycles. The minimum atomic E-state index is -0.0452. The molecule has 1 aromatic heterocycles. The fraction of sp³-hybridized carbons (Fsp3) is 0.684. The first-order chi connectivity index (χ1) is 11.0. The van der Waals surface area contributed by atoms with E-state index in [1.54, 1.807) is 11.6 Å². The van der Waals surface area contributed by atoms with Gasteiger partial charge in [-0.25, -0.2) is 4.98 Å². The van der Waals surface area contributed by atoms with Gasteiger partial charge in [0.2, 0.25) is 0 Å². The number of aromatic nitrogens is 2. The van der Waals surface area contributed by atoms with Crippen molar-refractivity contribution in [3.63, 3.8) is 0 Å². The van der Waals surface area contributed by atoms with E-state index >= 15 is 0 Å². The first-order valence-electron chi connectivity index (χ1n) is 8.91. The van der Waals surface area contributed by atoms with Crippen LogP contribution < -0.4 is 5.56 Å². The van der Waals surface area contributed by atoms with Crippen LogP contribution in [-0.2, 0) is 0 Å². The summed E-state index contributed by atoms with van der Waals surface area (Å²) in [4.78, 5) is 20.9. The van der Waals surface area contributed by atoms with Gasteiger partial charge in [0.1, 0.15) is 0 Å². The highest BCUT2D eigenvalue weighted by Gasteiger charge is 2.22. The van der Waals surface area contributed by atoms with Crippen molar-refractivity contribution in [3.05, 3.63) is 40.1 Å². The van der Waals surface area contributed by atoms with Crippen molar-refractivity contribution in [1.82, 2.24) is 14.9 Å². The average molecular weight is 317 g/mol. The van der Waals surface area contributed by atoms with Gasteiger partial charge in [-0.1, -0.05) is 39.3 Å². The summed E-state index contributed by atoms with van der Waals surface area (Å²) in [5.74, 6) is 1.76. The molecule has 1 aliphatic heterocycles. The molecule has 128 valence electrons. The second kappa shape index (κ2) is 8.44. The first-order valence-corrected chi connectivity index (χ1v) is 8.91. The van der Waals surface area contributed by atoms with E-state index < -0.39 is 0 Å². The Labute approximate surface area is 140 Å². The largest absolute Gasteiger partial charge is 0.313 e. The fourth-order valence-electron chi connectivity index (χ4n) is 3.12. The molecule has 1 N–H and O–H groups in total. The van der Waals surface area contributed by atoms with E-state index in [4.69, 9.17) is 0 Å². The molecule has 0 aromatic carbocycles. The lowest BCUT2D eigenvalue weighted by atomic mass is 9.92. The number of piperidine rings is 1. The minimum Gasteiger partial charge on any atom is -0.313 e. The van der Waals surface area contributed by atoms with E-state index in [1.807, 2.05) is 0 Å². The monoisotopic (exact) mass is 317 g/mol. The Hall–Kier alpha value is -1.42. The van der Waals surface area contributed by atoms with E-state index in [0.717, 1.165) is 44.1 Å². The fourth-order valence-corrected chi connectivity index (χ4v) is 3.12. The summed E-state index contributed by atoms with van der Waals surface area (Å²) >= 11 is 0. The predicted octanol–water partition coefficient (Wildman–Crippen LogP) is 3.58. The van der Waals surface area contributed by atoms with Gasteiger partial charge in [0.05, 0.1) is 12.0 Å². The van der Waals surface area contributed by atoms with Crippen LogP contribution in [0.5, 0.6) is 0 Å². The van der Waals surface area contributed by atoms with E-state index in [2.05, 4.69) is 48.6 Å². The minimum absolute atomic E-state index is 0.0452.